The lowest BCUT2D eigenvalue weighted by Crippen LogP contribution is -2.11. The first-order valence-corrected chi connectivity index (χ1v) is 6.63. The maximum Gasteiger partial charge on any atom is 0.118 e. The van der Waals surface area contributed by atoms with Crippen molar-refractivity contribution in [1.29, 1.82) is 0 Å². The lowest BCUT2D eigenvalue weighted by molar-refractivity contribution is 0.414. The zero-order valence-corrected chi connectivity index (χ0v) is 12.2. The van der Waals surface area contributed by atoms with Gasteiger partial charge in [0.1, 0.15) is 5.75 Å². The summed E-state index contributed by atoms with van der Waals surface area (Å²) in [6.45, 7) is 0. The third kappa shape index (κ3) is 2.86. The number of hydrogen-bond acceptors (Lipinski definition) is 2. The van der Waals surface area contributed by atoms with Gasteiger partial charge in [0.25, 0.3) is 0 Å². The zero-order valence-electron chi connectivity index (χ0n) is 9.86. The van der Waals surface area contributed by atoms with Crippen molar-refractivity contribution >= 4 is 27.5 Å². The summed E-state index contributed by atoms with van der Waals surface area (Å²) in [4.78, 5) is 0. The highest BCUT2D eigenvalue weighted by Gasteiger charge is 2.10. The molecule has 0 spiro atoms. The van der Waals surface area contributed by atoms with Crippen LogP contribution in [0.2, 0.25) is 5.02 Å². The summed E-state index contributed by atoms with van der Waals surface area (Å²) >= 11 is 9.43. The minimum atomic E-state index is -0.193. The molecule has 1 unspecified atom stereocenters. The SMILES string of the molecule is COc1ccc(C(N)c2ccc(Br)c(Cl)c2)cc1. The van der Waals surface area contributed by atoms with E-state index in [-0.39, 0.29) is 6.04 Å². The average Bonchev–Trinajstić information content (AvgIpc) is 2.41. The predicted molar refractivity (Wildman–Crippen MR) is 78.2 cm³/mol. The van der Waals surface area contributed by atoms with E-state index in [1.54, 1.807) is 7.11 Å². The number of ether oxygens (including phenoxy) is 1. The molecule has 0 radical (unpaired) electrons. The van der Waals surface area contributed by atoms with Crippen LogP contribution in [0.25, 0.3) is 0 Å². The summed E-state index contributed by atoms with van der Waals surface area (Å²) in [6, 6.07) is 13.3. The van der Waals surface area contributed by atoms with E-state index in [0.717, 1.165) is 21.3 Å². The van der Waals surface area contributed by atoms with Gasteiger partial charge in [0.15, 0.2) is 0 Å². The molecule has 2 aromatic carbocycles. The van der Waals surface area contributed by atoms with Gasteiger partial charge in [-0.3, -0.25) is 0 Å². The molecule has 0 aromatic heterocycles. The van der Waals surface area contributed by atoms with Crippen molar-refractivity contribution in [2.24, 2.45) is 5.73 Å². The number of benzene rings is 2. The van der Waals surface area contributed by atoms with E-state index < -0.39 is 0 Å². The topological polar surface area (TPSA) is 35.2 Å². The Balaban J connectivity index is 2.28. The second-order valence-corrected chi connectivity index (χ2v) is 5.19. The summed E-state index contributed by atoms with van der Waals surface area (Å²) < 4.78 is 5.99. The number of hydrogen-bond donors (Lipinski definition) is 1. The summed E-state index contributed by atoms with van der Waals surface area (Å²) in [6.07, 6.45) is 0. The number of methoxy groups -OCH3 is 1. The van der Waals surface area contributed by atoms with Crippen LogP contribution in [0.15, 0.2) is 46.9 Å². The third-order valence-electron chi connectivity index (χ3n) is 2.78. The summed E-state index contributed by atoms with van der Waals surface area (Å²) in [5.74, 6) is 0.819. The molecule has 0 heterocycles. The molecule has 0 bridgehead atoms. The minimum Gasteiger partial charge on any atom is -0.497 e. The van der Waals surface area contributed by atoms with E-state index in [0.29, 0.717) is 5.02 Å². The van der Waals surface area contributed by atoms with Crippen LogP contribution in [0.4, 0.5) is 0 Å². The maximum atomic E-state index is 6.21. The maximum absolute atomic E-state index is 6.21. The molecular formula is C14H13BrClNO. The quantitative estimate of drug-likeness (QED) is 0.919. The Bertz CT molecular complexity index is 542. The van der Waals surface area contributed by atoms with E-state index >= 15 is 0 Å². The molecule has 94 valence electrons. The summed E-state index contributed by atoms with van der Waals surface area (Å²) in [7, 11) is 1.64. The lowest BCUT2D eigenvalue weighted by Gasteiger charge is -2.14. The van der Waals surface area contributed by atoms with Crippen molar-refractivity contribution in [2.45, 2.75) is 6.04 Å². The van der Waals surface area contributed by atoms with Gasteiger partial charge in [0.2, 0.25) is 0 Å². The Kier molecular flexibility index (Phi) is 4.27. The van der Waals surface area contributed by atoms with E-state index in [2.05, 4.69) is 15.9 Å². The Labute approximate surface area is 120 Å². The lowest BCUT2D eigenvalue weighted by atomic mass is 10.00. The van der Waals surface area contributed by atoms with E-state index in [9.17, 15) is 0 Å². The molecule has 0 fully saturated rings. The van der Waals surface area contributed by atoms with Crippen molar-refractivity contribution in [2.75, 3.05) is 7.11 Å². The van der Waals surface area contributed by atoms with Crippen LogP contribution < -0.4 is 10.5 Å². The molecular weight excluding hydrogens is 314 g/mol. The van der Waals surface area contributed by atoms with Gasteiger partial charge >= 0.3 is 0 Å². The first-order valence-electron chi connectivity index (χ1n) is 5.46. The van der Waals surface area contributed by atoms with Crippen molar-refractivity contribution in [3.05, 3.63) is 63.1 Å². The van der Waals surface area contributed by atoms with Gasteiger partial charge in [0, 0.05) is 4.47 Å². The van der Waals surface area contributed by atoms with Crippen LogP contribution in [-0.4, -0.2) is 7.11 Å². The normalized spacial score (nSPS) is 12.2. The monoisotopic (exact) mass is 325 g/mol. The summed E-state index contributed by atoms with van der Waals surface area (Å²) in [5, 5.41) is 0.663. The van der Waals surface area contributed by atoms with Crippen LogP contribution in [0.3, 0.4) is 0 Å². The average molecular weight is 327 g/mol. The fourth-order valence-corrected chi connectivity index (χ4v) is 2.15. The molecule has 2 aromatic rings. The second kappa shape index (κ2) is 5.74. The second-order valence-electron chi connectivity index (χ2n) is 3.92. The van der Waals surface area contributed by atoms with Gasteiger partial charge in [-0.1, -0.05) is 29.8 Å². The van der Waals surface area contributed by atoms with Gasteiger partial charge in [0.05, 0.1) is 18.2 Å². The molecule has 4 heteroatoms. The van der Waals surface area contributed by atoms with Gasteiger partial charge in [-0.15, -0.1) is 0 Å². The standard InChI is InChI=1S/C14H13BrClNO/c1-18-11-5-2-9(3-6-11)14(17)10-4-7-12(15)13(16)8-10/h2-8,14H,17H2,1H3. The van der Waals surface area contributed by atoms with Gasteiger partial charge < -0.3 is 10.5 Å². The zero-order chi connectivity index (χ0) is 13.1. The minimum absolute atomic E-state index is 0.193. The van der Waals surface area contributed by atoms with Gasteiger partial charge in [-0.05, 0) is 51.3 Å². The molecule has 2 N–H and O–H groups in total. The first kappa shape index (κ1) is 13.4. The van der Waals surface area contributed by atoms with Crippen LogP contribution in [0.5, 0.6) is 5.75 Å². The molecule has 0 saturated heterocycles. The van der Waals surface area contributed by atoms with Crippen molar-refractivity contribution in [3.63, 3.8) is 0 Å². The molecule has 0 aliphatic heterocycles. The molecule has 1 atom stereocenters. The molecule has 0 aliphatic rings. The molecule has 2 nitrogen and oxygen atoms in total. The largest absolute Gasteiger partial charge is 0.497 e. The van der Waals surface area contributed by atoms with Crippen LogP contribution in [0.1, 0.15) is 17.2 Å². The summed E-state index contributed by atoms with van der Waals surface area (Å²) in [5.41, 5.74) is 8.21. The van der Waals surface area contributed by atoms with Gasteiger partial charge in [-0.2, -0.15) is 0 Å². The van der Waals surface area contributed by atoms with Gasteiger partial charge in [-0.25, -0.2) is 0 Å². The smallest absolute Gasteiger partial charge is 0.118 e. The third-order valence-corrected chi connectivity index (χ3v) is 4.01. The molecule has 2 rings (SSSR count). The Morgan fingerprint density at radius 2 is 1.72 bits per heavy atom. The van der Waals surface area contributed by atoms with E-state index in [1.807, 2.05) is 42.5 Å². The van der Waals surface area contributed by atoms with Crippen LogP contribution in [-0.2, 0) is 0 Å². The van der Waals surface area contributed by atoms with Crippen molar-refractivity contribution in [1.82, 2.24) is 0 Å². The molecule has 18 heavy (non-hydrogen) atoms. The molecule has 0 saturated carbocycles. The van der Waals surface area contributed by atoms with Crippen molar-refractivity contribution in [3.8, 4) is 5.75 Å². The van der Waals surface area contributed by atoms with Crippen LogP contribution in [0, 0.1) is 0 Å². The highest BCUT2D eigenvalue weighted by atomic mass is 79.9. The Morgan fingerprint density at radius 1 is 1.11 bits per heavy atom. The van der Waals surface area contributed by atoms with E-state index in [4.69, 9.17) is 22.1 Å². The highest BCUT2D eigenvalue weighted by molar-refractivity contribution is 9.10. The Morgan fingerprint density at radius 3 is 2.28 bits per heavy atom. The molecule has 0 aliphatic carbocycles. The fourth-order valence-electron chi connectivity index (χ4n) is 1.71. The molecule has 0 amide bonds. The number of halogens is 2. The van der Waals surface area contributed by atoms with E-state index in [1.165, 1.54) is 0 Å². The predicted octanol–water partition coefficient (Wildman–Crippen LogP) is 4.16. The first-order chi connectivity index (χ1) is 8.61. The van der Waals surface area contributed by atoms with Crippen LogP contribution >= 0.6 is 27.5 Å². The highest BCUT2D eigenvalue weighted by Crippen LogP contribution is 2.28. The van der Waals surface area contributed by atoms with Crippen molar-refractivity contribution < 1.29 is 4.74 Å². The fraction of sp³-hybridized carbons (Fsp3) is 0.143. The number of rotatable bonds is 3. The Hall–Kier alpha value is -1.03. The number of nitrogens with two attached hydrogens (primary N) is 1.